The maximum absolute atomic E-state index is 12.6. The van der Waals surface area contributed by atoms with E-state index in [9.17, 15) is 13.2 Å². The van der Waals surface area contributed by atoms with E-state index in [-0.39, 0.29) is 28.7 Å². The SMILES string of the molecule is CC1(C)CC(=O)c2sc(N3CCOCC3CNS(=O)(=O)c3ccccc3)nc2C1. The van der Waals surface area contributed by atoms with Gasteiger partial charge in [-0.25, -0.2) is 18.1 Å². The van der Waals surface area contributed by atoms with E-state index >= 15 is 0 Å². The minimum Gasteiger partial charge on any atom is -0.377 e. The Morgan fingerprint density at radius 2 is 2.03 bits per heavy atom. The summed E-state index contributed by atoms with van der Waals surface area (Å²) < 4.78 is 33.4. The monoisotopic (exact) mass is 435 g/mol. The van der Waals surface area contributed by atoms with Crippen LogP contribution in [-0.2, 0) is 21.2 Å². The van der Waals surface area contributed by atoms with E-state index in [1.54, 1.807) is 30.3 Å². The summed E-state index contributed by atoms with van der Waals surface area (Å²) in [5, 5.41) is 0.772. The van der Waals surface area contributed by atoms with Gasteiger partial charge < -0.3 is 9.64 Å². The van der Waals surface area contributed by atoms with E-state index in [1.165, 1.54) is 11.3 Å². The Kier molecular flexibility index (Phi) is 5.50. The molecule has 1 aromatic carbocycles. The fraction of sp³-hybridized carbons (Fsp3) is 0.500. The van der Waals surface area contributed by atoms with Crippen LogP contribution in [0.15, 0.2) is 35.2 Å². The molecule has 0 bridgehead atoms. The van der Waals surface area contributed by atoms with Gasteiger partial charge in [0.2, 0.25) is 10.0 Å². The van der Waals surface area contributed by atoms with Gasteiger partial charge in [-0.15, -0.1) is 0 Å². The molecule has 1 atom stereocenters. The molecular formula is C20H25N3O4S2. The Bertz CT molecular complexity index is 1000. The van der Waals surface area contributed by atoms with Crippen LogP contribution >= 0.6 is 11.3 Å². The number of Topliss-reactive ketones (excluding diaryl/α,β-unsaturated/α-hetero) is 1. The summed E-state index contributed by atoms with van der Waals surface area (Å²) in [7, 11) is -3.60. The van der Waals surface area contributed by atoms with Gasteiger partial charge in [0, 0.05) is 19.5 Å². The molecule has 1 N–H and O–H groups in total. The van der Waals surface area contributed by atoms with Gasteiger partial charge in [0.05, 0.1) is 34.7 Å². The molecule has 9 heteroatoms. The first kappa shape index (κ1) is 20.5. The molecule has 7 nitrogen and oxygen atoms in total. The fourth-order valence-corrected chi connectivity index (χ4v) is 6.01. The number of rotatable bonds is 5. The third-order valence-electron chi connectivity index (χ3n) is 5.26. The molecule has 1 fully saturated rings. The number of thiazole rings is 1. The van der Waals surface area contributed by atoms with Gasteiger partial charge in [-0.05, 0) is 24.0 Å². The number of nitrogens with zero attached hydrogens (tertiary/aromatic N) is 2. The standard InChI is InChI=1S/C20H25N3O4S2/c1-20(2)10-16-18(17(24)11-20)28-19(22-16)23-8-9-27-13-14(23)12-21-29(25,26)15-6-4-3-5-7-15/h3-7,14,21H,8-13H2,1-2H3. The fourth-order valence-electron chi connectivity index (χ4n) is 3.80. The molecule has 156 valence electrons. The molecule has 0 saturated carbocycles. The van der Waals surface area contributed by atoms with Crippen molar-refractivity contribution in [2.75, 3.05) is 31.2 Å². The zero-order valence-electron chi connectivity index (χ0n) is 16.6. The van der Waals surface area contributed by atoms with Crippen LogP contribution < -0.4 is 9.62 Å². The van der Waals surface area contributed by atoms with Crippen LogP contribution in [0.3, 0.4) is 0 Å². The summed E-state index contributed by atoms with van der Waals surface area (Å²) in [6, 6.07) is 8.13. The van der Waals surface area contributed by atoms with Gasteiger partial charge in [-0.2, -0.15) is 0 Å². The summed E-state index contributed by atoms with van der Waals surface area (Å²) in [5.41, 5.74) is 0.784. The van der Waals surface area contributed by atoms with Crippen LogP contribution in [-0.4, -0.2) is 51.5 Å². The Morgan fingerprint density at radius 3 is 2.79 bits per heavy atom. The Hall–Kier alpha value is -1.81. The summed E-state index contributed by atoms with van der Waals surface area (Å²) in [6.45, 7) is 5.95. The molecule has 0 amide bonds. The minimum atomic E-state index is -3.60. The number of morpholine rings is 1. The average molecular weight is 436 g/mol. The second kappa shape index (κ2) is 7.79. The number of ether oxygens (including phenoxy) is 1. The maximum Gasteiger partial charge on any atom is 0.240 e. The largest absolute Gasteiger partial charge is 0.377 e. The van der Waals surface area contributed by atoms with E-state index in [0.29, 0.717) is 26.2 Å². The smallest absolute Gasteiger partial charge is 0.240 e. The molecule has 0 radical (unpaired) electrons. The molecule has 1 aliphatic carbocycles. The summed E-state index contributed by atoms with van der Waals surface area (Å²) >= 11 is 1.42. The highest BCUT2D eigenvalue weighted by atomic mass is 32.2. The molecule has 1 aliphatic heterocycles. The first-order valence-corrected chi connectivity index (χ1v) is 12.0. The lowest BCUT2D eigenvalue weighted by Crippen LogP contribution is -2.51. The molecule has 1 aromatic heterocycles. The quantitative estimate of drug-likeness (QED) is 0.776. The van der Waals surface area contributed by atoms with Gasteiger partial charge in [0.25, 0.3) is 0 Å². The molecule has 2 aromatic rings. The number of benzene rings is 1. The van der Waals surface area contributed by atoms with Crippen LogP contribution in [0.4, 0.5) is 5.13 Å². The topological polar surface area (TPSA) is 88.6 Å². The Labute approximate surface area is 175 Å². The van der Waals surface area contributed by atoms with Crippen molar-refractivity contribution in [3.8, 4) is 0 Å². The lowest BCUT2D eigenvalue weighted by Gasteiger charge is -2.35. The van der Waals surface area contributed by atoms with Crippen LogP contribution in [0.25, 0.3) is 0 Å². The van der Waals surface area contributed by atoms with E-state index in [1.807, 2.05) is 0 Å². The predicted octanol–water partition coefficient (Wildman–Crippen LogP) is 2.48. The first-order valence-electron chi connectivity index (χ1n) is 9.67. The highest BCUT2D eigenvalue weighted by molar-refractivity contribution is 7.89. The Morgan fingerprint density at radius 1 is 1.28 bits per heavy atom. The summed E-state index contributed by atoms with van der Waals surface area (Å²) in [5.74, 6) is 0.148. The van der Waals surface area contributed by atoms with Crippen LogP contribution in [0.1, 0.15) is 35.6 Å². The van der Waals surface area contributed by atoms with Crippen LogP contribution in [0.2, 0.25) is 0 Å². The molecule has 2 aliphatic rings. The van der Waals surface area contributed by atoms with Gasteiger partial charge in [0.15, 0.2) is 10.9 Å². The normalized spacial score (nSPS) is 21.8. The third kappa shape index (κ3) is 4.37. The van der Waals surface area contributed by atoms with Crippen molar-refractivity contribution < 1.29 is 17.9 Å². The lowest BCUT2D eigenvalue weighted by molar-refractivity contribution is 0.0915. The molecule has 29 heavy (non-hydrogen) atoms. The van der Waals surface area contributed by atoms with Gasteiger partial charge in [-0.1, -0.05) is 43.4 Å². The first-order chi connectivity index (χ1) is 13.8. The number of nitrogens with one attached hydrogen (secondary N) is 1. The van der Waals surface area contributed by atoms with E-state index in [4.69, 9.17) is 9.72 Å². The second-order valence-electron chi connectivity index (χ2n) is 8.30. The molecule has 0 spiro atoms. The summed E-state index contributed by atoms with van der Waals surface area (Å²) in [6.07, 6.45) is 1.31. The molecular weight excluding hydrogens is 410 g/mol. The summed E-state index contributed by atoms with van der Waals surface area (Å²) in [4.78, 5) is 20.3. The van der Waals surface area contributed by atoms with Crippen LogP contribution in [0.5, 0.6) is 0 Å². The van der Waals surface area contributed by atoms with Crippen molar-refractivity contribution in [1.29, 1.82) is 0 Å². The van der Waals surface area contributed by atoms with Crippen molar-refractivity contribution >= 4 is 32.3 Å². The maximum atomic E-state index is 12.6. The number of aromatic nitrogens is 1. The van der Waals surface area contributed by atoms with E-state index in [2.05, 4.69) is 23.5 Å². The number of hydrogen-bond donors (Lipinski definition) is 1. The average Bonchev–Trinajstić information content (AvgIpc) is 3.10. The molecule has 2 heterocycles. The van der Waals surface area contributed by atoms with Gasteiger partial charge in [0.1, 0.15) is 0 Å². The number of fused-ring (bicyclic) bond motifs is 1. The number of hydrogen-bond acceptors (Lipinski definition) is 7. The number of carbonyl (C=O) groups excluding carboxylic acids is 1. The van der Waals surface area contributed by atoms with Crippen molar-refractivity contribution in [3.63, 3.8) is 0 Å². The highest BCUT2D eigenvalue weighted by Gasteiger charge is 2.36. The van der Waals surface area contributed by atoms with Gasteiger partial charge in [-0.3, -0.25) is 4.79 Å². The van der Waals surface area contributed by atoms with Gasteiger partial charge >= 0.3 is 0 Å². The van der Waals surface area contributed by atoms with E-state index in [0.717, 1.165) is 22.1 Å². The third-order valence-corrected chi connectivity index (χ3v) is 7.88. The molecule has 1 unspecified atom stereocenters. The van der Waals surface area contributed by atoms with E-state index < -0.39 is 10.0 Å². The zero-order valence-corrected chi connectivity index (χ0v) is 18.2. The van der Waals surface area contributed by atoms with Crippen molar-refractivity contribution in [3.05, 3.63) is 40.9 Å². The van der Waals surface area contributed by atoms with Crippen molar-refractivity contribution in [1.82, 2.24) is 9.71 Å². The van der Waals surface area contributed by atoms with Crippen molar-refractivity contribution in [2.45, 2.75) is 37.6 Å². The Balaban J connectivity index is 1.52. The number of sulfonamides is 1. The number of anilines is 1. The number of ketones is 1. The molecule has 4 rings (SSSR count). The second-order valence-corrected chi connectivity index (χ2v) is 11.0. The van der Waals surface area contributed by atoms with Crippen LogP contribution in [0, 0.1) is 5.41 Å². The minimum absolute atomic E-state index is 0.0782. The molecule has 1 saturated heterocycles. The highest BCUT2D eigenvalue weighted by Crippen LogP contribution is 2.39. The predicted molar refractivity (Wildman–Crippen MR) is 112 cm³/mol. The number of carbonyl (C=O) groups is 1. The zero-order chi connectivity index (χ0) is 20.6. The lowest BCUT2D eigenvalue weighted by atomic mass is 9.78. The van der Waals surface area contributed by atoms with Crippen molar-refractivity contribution in [2.24, 2.45) is 5.41 Å².